The lowest BCUT2D eigenvalue weighted by atomic mass is 10.0. The summed E-state index contributed by atoms with van der Waals surface area (Å²) in [6.07, 6.45) is 3.30. The van der Waals surface area contributed by atoms with E-state index in [1.807, 2.05) is 6.92 Å². The zero-order valence-corrected chi connectivity index (χ0v) is 12.7. The van der Waals surface area contributed by atoms with E-state index in [9.17, 15) is 9.90 Å². The minimum atomic E-state index is -0.842. The molecule has 2 atom stereocenters. The molecule has 0 bridgehead atoms. The van der Waals surface area contributed by atoms with Crippen molar-refractivity contribution >= 4 is 22.4 Å². The molecule has 2 unspecified atom stereocenters. The molecule has 0 radical (unpaired) electrons. The van der Waals surface area contributed by atoms with Gasteiger partial charge in [-0.3, -0.25) is 0 Å². The lowest BCUT2D eigenvalue weighted by Crippen LogP contribution is -2.19. The summed E-state index contributed by atoms with van der Waals surface area (Å²) in [4.78, 5) is 18.6. The molecule has 1 N–H and O–H groups in total. The summed E-state index contributed by atoms with van der Waals surface area (Å²) in [5.41, 5.74) is 0.759. The average Bonchev–Trinajstić information content (AvgIpc) is 3.03. The third kappa shape index (κ3) is 2.91. The molecule has 19 heavy (non-hydrogen) atoms. The third-order valence-electron chi connectivity index (χ3n) is 4.05. The Morgan fingerprint density at radius 2 is 2.32 bits per heavy atom. The zero-order chi connectivity index (χ0) is 14.0. The summed E-state index contributed by atoms with van der Waals surface area (Å²) in [6.45, 7) is 8.35. The van der Waals surface area contributed by atoms with Crippen LogP contribution in [0.5, 0.6) is 0 Å². The van der Waals surface area contributed by atoms with Crippen molar-refractivity contribution in [3.63, 3.8) is 0 Å². The van der Waals surface area contributed by atoms with Crippen LogP contribution in [0.3, 0.4) is 0 Å². The molecule has 1 aromatic heterocycles. The van der Waals surface area contributed by atoms with Crippen LogP contribution in [0.4, 0.5) is 5.13 Å². The summed E-state index contributed by atoms with van der Waals surface area (Å²) < 4.78 is 0. The number of hydrogen-bond donors (Lipinski definition) is 1. The van der Waals surface area contributed by atoms with Gasteiger partial charge in [0.1, 0.15) is 4.88 Å². The van der Waals surface area contributed by atoms with Gasteiger partial charge in [0, 0.05) is 13.1 Å². The maximum atomic E-state index is 11.3. The average molecular weight is 282 g/mol. The normalized spacial score (nSPS) is 20.8. The molecule has 1 fully saturated rings. The number of carboxylic acid groups (broad SMARTS) is 1. The third-order valence-corrected chi connectivity index (χ3v) is 5.17. The van der Waals surface area contributed by atoms with Gasteiger partial charge in [-0.2, -0.15) is 0 Å². The van der Waals surface area contributed by atoms with Gasteiger partial charge >= 0.3 is 5.97 Å². The predicted octanol–water partition coefficient (Wildman–Crippen LogP) is 3.59. The molecule has 1 aliphatic rings. The number of rotatable bonds is 5. The standard InChI is InChI=1S/C14H22N2O2S/c1-4-9(3)11-12(13(17)18)19-14(15-11)16-7-6-10(5-2)8-16/h9-10H,4-8H2,1-3H3,(H,17,18). The first-order valence-electron chi connectivity index (χ1n) is 7.05. The van der Waals surface area contributed by atoms with Crippen LogP contribution in [0.1, 0.15) is 61.3 Å². The van der Waals surface area contributed by atoms with Crippen LogP contribution in [-0.2, 0) is 0 Å². The van der Waals surface area contributed by atoms with Gasteiger partial charge in [-0.15, -0.1) is 0 Å². The molecule has 106 valence electrons. The van der Waals surface area contributed by atoms with Crippen LogP contribution >= 0.6 is 11.3 Å². The molecule has 2 rings (SSSR count). The minimum absolute atomic E-state index is 0.209. The van der Waals surface area contributed by atoms with E-state index in [0.717, 1.165) is 36.3 Å². The number of hydrogen-bond acceptors (Lipinski definition) is 4. The highest BCUT2D eigenvalue weighted by atomic mass is 32.1. The molecule has 1 aliphatic heterocycles. The minimum Gasteiger partial charge on any atom is -0.477 e. The van der Waals surface area contributed by atoms with E-state index in [1.165, 1.54) is 24.2 Å². The van der Waals surface area contributed by atoms with Gasteiger partial charge in [-0.25, -0.2) is 9.78 Å². The van der Waals surface area contributed by atoms with E-state index in [2.05, 4.69) is 23.7 Å². The van der Waals surface area contributed by atoms with Crippen LogP contribution in [-0.4, -0.2) is 29.1 Å². The van der Waals surface area contributed by atoms with Gasteiger partial charge in [-0.05, 0) is 24.7 Å². The largest absolute Gasteiger partial charge is 0.477 e. The fraction of sp³-hybridized carbons (Fsp3) is 0.714. The number of thiazole rings is 1. The van der Waals surface area contributed by atoms with E-state index < -0.39 is 5.97 Å². The first-order valence-corrected chi connectivity index (χ1v) is 7.87. The van der Waals surface area contributed by atoms with E-state index in [4.69, 9.17) is 0 Å². The van der Waals surface area contributed by atoms with Gasteiger partial charge in [0.15, 0.2) is 5.13 Å². The number of nitrogens with zero attached hydrogens (tertiary/aromatic N) is 2. The highest BCUT2D eigenvalue weighted by Gasteiger charge is 2.27. The molecule has 0 aromatic carbocycles. The van der Waals surface area contributed by atoms with Crippen molar-refractivity contribution in [3.05, 3.63) is 10.6 Å². The van der Waals surface area contributed by atoms with Gasteiger partial charge in [0.2, 0.25) is 0 Å². The van der Waals surface area contributed by atoms with Crippen molar-refractivity contribution in [3.8, 4) is 0 Å². The Morgan fingerprint density at radius 1 is 1.58 bits per heavy atom. The summed E-state index contributed by atoms with van der Waals surface area (Å²) in [6, 6.07) is 0. The molecule has 0 aliphatic carbocycles. The van der Waals surface area contributed by atoms with Crippen molar-refractivity contribution < 1.29 is 9.90 Å². The second-order valence-corrected chi connectivity index (χ2v) is 6.31. The van der Waals surface area contributed by atoms with E-state index in [1.54, 1.807) is 0 Å². The lowest BCUT2D eigenvalue weighted by molar-refractivity contribution is 0.0700. The number of carboxylic acids is 1. The highest BCUT2D eigenvalue weighted by Crippen LogP contribution is 2.34. The number of aromatic nitrogens is 1. The molecule has 0 amide bonds. The van der Waals surface area contributed by atoms with Crippen molar-refractivity contribution in [2.45, 2.75) is 46.0 Å². The number of anilines is 1. The molecule has 5 heteroatoms. The van der Waals surface area contributed by atoms with Gasteiger partial charge < -0.3 is 10.0 Å². The predicted molar refractivity (Wildman–Crippen MR) is 78.4 cm³/mol. The van der Waals surface area contributed by atoms with Gasteiger partial charge in [-0.1, -0.05) is 38.5 Å². The second-order valence-electron chi connectivity index (χ2n) is 5.33. The van der Waals surface area contributed by atoms with Crippen molar-refractivity contribution in [1.29, 1.82) is 0 Å². The van der Waals surface area contributed by atoms with Gasteiger partial charge in [0.05, 0.1) is 5.69 Å². The monoisotopic (exact) mass is 282 g/mol. The first-order chi connectivity index (χ1) is 9.06. The smallest absolute Gasteiger partial charge is 0.347 e. The zero-order valence-electron chi connectivity index (χ0n) is 11.8. The molecular formula is C14H22N2O2S. The number of carbonyl (C=O) groups is 1. The quantitative estimate of drug-likeness (QED) is 0.896. The molecule has 0 spiro atoms. The van der Waals surface area contributed by atoms with E-state index in [0.29, 0.717) is 4.88 Å². The topological polar surface area (TPSA) is 53.4 Å². The van der Waals surface area contributed by atoms with Crippen LogP contribution in [0.2, 0.25) is 0 Å². The summed E-state index contributed by atoms with van der Waals surface area (Å²) in [7, 11) is 0. The summed E-state index contributed by atoms with van der Waals surface area (Å²) in [5, 5.41) is 10.2. The molecule has 1 saturated heterocycles. The van der Waals surface area contributed by atoms with Crippen molar-refractivity contribution in [1.82, 2.24) is 4.98 Å². The Balaban J connectivity index is 2.25. The maximum Gasteiger partial charge on any atom is 0.347 e. The lowest BCUT2D eigenvalue weighted by Gasteiger charge is -2.14. The van der Waals surface area contributed by atoms with Crippen LogP contribution in [0, 0.1) is 5.92 Å². The van der Waals surface area contributed by atoms with E-state index >= 15 is 0 Å². The Morgan fingerprint density at radius 3 is 2.84 bits per heavy atom. The first kappa shape index (κ1) is 14.3. The number of aromatic carboxylic acids is 1. The molecule has 0 saturated carbocycles. The van der Waals surface area contributed by atoms with Crippen molar-refractivity contribution in [2.24, 2.45) is 5.92 Å². The molecule has 4 nitrogen and oxygen atoms in total. The Hall–Kier alpha value is -1.10. The summed E-state index contributed by atoms with van der Waals surface area (Å²) >= 11 is 1.34. The fourth-order valence-electron chi connectivity index (χ4n) is 2.48. The second kappa shape index (κ2) is 5.90. The maximum absolute atomic E-state index is 11.3. The highest BCUT2D eigenvalue weighted by molar-refractivity contribution is 7.17. The van der Waals surface area contributed by atoms with Crippen LogP contribution in [0.25, 0.3) is 0 Å². The van der Waals surface area contributed by atoms with Crippen LogP contribution in [0.15, 0.2) is 0 Å². The summed E-state index contributed by atoms with van der Waals surface area (Å²) in [5.74, 6) is 0.0928. The Kier molecular flexibility index (Phi) is 4.45. The Bertz CT molecular complexity index is 458. The van der Waals surface area contributed by atoms with Crippen LogP contribution < -0.4 is 4.90 Å². The van der Waals surface area contributed by atoms with Crippen molar-refractivity contribution in [2.75, 3.05) is 18.0 Å². The SMILES string of the molecule is CCC1CCN(c2nc(C(C)CC)c(C(=O)O)s2)C1. The molecule has 1 aromatic rings. The van der Waals surface area contributed by atoms with Gasteiger partial charge in [0.25, 0.3) is 0 Å². The van der Waals surface area contributed by atoms with E-state index in [-0.39, 0.29) is 5.92 Å². The molecular weight excluding hydrogens is 260 g/mol. The fourth-order valence-corrected chi connectivity index (χ4v) is 3.54. The Labute approximate surface area is 118 Å². The molecule has 2 heterocycles.